The SMILES string of the molecule is Nc1nc(Nc2ccc(N3CCN(C(=O)O)CC3)c(F)c2)nn1-c1ncc2c(n1)CCCCCC2. The lowest BCUT2D eigenvalue weighted by atomic mass is 9.98. The molecule has 1 fully saturated rings. The normalized spacial score (nSPS) is 16.4. The number of fused-ring (bicyclic) bond motifs is 1. The van der Waals surface area contributed by atoms with Crippen molar-refractivity contribution in [1.82, 2.24) is 29.6 Å². The van der Waals surface area contributed by atoms with Crippen LogP contribution < -0.4 is 16.0 Å². The Bertz CT molecular complexity index is 1220. The Morgan fingerprint density at radius 1 is 1.06 bits per heavy atom. The van der Waals surface area contributed by atoms with Crippen LogP contribution in [0.1, 0.15) is 36.9 Å². The molecule has 0 saturated carbocycles. The molecule has 5 rings (SSSR count). The fraction of sp³-hybridized carbons (Fsp3) is 0.435. The topological polar surface area (TPSA) is 138 Å². The Kier molecular flexibility index (Phi) is 6.34. The molecule has 1 amide bonds. The Balaban J connectivity index is 1.30. The molecular weight excluding hydrogens is 453 g/mol. The van der Waals surface area contributed by atoms with Crippen molar-refractivity contribution in [3.05, 3.63) is 41.5 Å². The minimum Gasteiger partial charge on any atom is -0.465 e. The summed E-state index contributed by atoms with van der Waals surface area (Å²) in [6, 6.07) is 4.74. The molecule has 0 bridgehead atoms. The van der Waals surface area contributed by atoms with Gasteiger partial charge in [-0.05, 0) is 49.4 Å². The van der Waals surface area contributed by atoms with Gasteiger partial charge in [-0.25, -0.2) is 19.2 Å². The van der Waals surface area contributed by atoms with Gasteiger partial charge < -0.3 is 26.0 Å². The van der Waals surface area contributed by atoms with Crippen molar-refractivity contribution >= 4 is 29.4 Å². The number of hydrogen-bond donors (Lipinski definition) is 3. The number of nitrogens with zero attached hydrogens (tertiary/aromatic N) is 7. The Morgan fingerprint density at radius 3 is 2.57 bits per heavy atom. The lowest BCUT2D eigenvalue weighted by molar-refractivity contribution is 0.142. The summed E-state index contributed by atoms with van der Waals surface area (Å²) >= 11 is 0. The number of rotatable bonds is 4. The van der Waals surface area contributed by atoms with E-state index in [0.29, 0.717) is 43.5 Å². The maximum atomic E-state index is 14.9. The number of nitrogens with two attached hydrogens (primary N) is 1. The summed E-state index contributed by atoms with van der Waals surface area (Å²) in [5.74, 6) is 0.285. The van der Waals surface area contributed by atoms with Crippen LogP contribution in [-0.4, -0.2) is 67.0 Å². The van der Waals surface area contributed by atoms with Crippen LogP contribution in [0.15, 0.2) is 24.4 Å². The highest BCUT2D eigenvalue weighted by atomic mass is 19.1. The van der Waals surface area contributed by atoms with E-state index in [1.165, 1.54) is 34.1 Å². The number of nitrogens with one attached hydrogen (secondary N) is 1. The highest BCUT2D eigenvalue weighted by Gasteiger charge is 2.22. The molecule has 1 saturated heterocycles. The maximum absolute atomic E-state index is 14.9. The van der Waals surface area contributed by atoms with Crippen LogP contribution >= 0.6 is 0 Å². The van der Waals surface area contributed by atoms with Crippen LogP contribution in [0.4, 0.5) is 32.5 Å². The molecule has 35 heavy (non-hydrogen) atoms. The molecule has 2 aromatic heterocycles. The van der Waals surface area contributed by atoms with Crippen molar-refractivity contribution in [2.45, 2.75) is 38.5 Å². The number of halogens is 1. The first-order chi connectivity index (χ1) is 17.0. The molecule has 0 atom stereocenters. The van der Waals surface area contributed by atoms with Gasteiger partial charge in [0.15, 0.2) is 0 Å². The van der Waals surface area contributed by atoms with Crippen molar-refractivity contribution in [2.24, 2.45) is 0 Å². The number of anilines is 4. The second-order valence-corrected chi connectivity index (χ2v) is 8.81. The number of nitrogen functional groups attached to an aromatic ring is 1. The number of amides is 1. The van der Waals surface area contributed by atoms with E-state index in [4.69, 9.17) is 15.8 Å². The van der Waals surface area contributed by atoms with E-state index < -0.39 is 11.9 Å². The van der Waals surface area contributed by atoms with Gasteiger partial charge in [-0.3, -0.25) is 0 Å². The highest BCUT2D eigenvalue weighted by Crippen LogP contribution is 2.26. The number of carbonyl (C=O) groups is 1. The van der Waals surface area contributed by atoms with Crippen molar-refractivity contribution in [3.63, 3.8) is 0 Å². The molecule has 0 radical (unpaired) electrons. The molecule has 12 heteroatoms. The lowest BCUT2D eigenvalue weighted by Crippen LogP contribution is -2.48. The second kappa shape index (κ2) is 9.72. The summed E-state index contributed by atoms with van der Waals surface area (Å²) in [5.41, 5.74) is 9.17. The average molecular weight is 482 g/mol. The number of aryl methyl sites for hydroxylation is 2. The lowest BCUT2D eigenvalue weighted by Gasteiger charge is -2.34. The number of carboxylic acid groups (broad SMARTS) is 1. The standard InChI is InChI=1S/C23H28FN9O2/c24-17-13-16(7-8-19(17)31-9-11-32(12-10-31)23(34)35)27-21-29-20(25)33(30-21)22-26-14-15-5-3-1-2-4-6-18(15)28-22/h7-8,13-14H,1-6,9-12H2,(H,34,35)(H3,25,27,29,30). The quantitative estimate of drug-likeness (QED) is 0.513. The van der Waals surface area contributed by atoms with E-state index in [-0.39, 0.29) is 11.9 Å². The van der Waals surface area contributed by atoms with Gasteiger partial charge >= 0.3 is 6.09 Å². The minimum atomic E-state index is -0.956. The molecular formula is C23H28FN9O2. The Labute approximate surface area is 201 Å². The molecule has 3 aromatic rings. The fourth-order valence-corrected chi connectivity index (χ4v) is 4.55. The van der Waals surface area contributed by atoms with Gasteiger partial charge in [0.25, 0.3) is 5.95 Å². The zero-order valence-corrected chi connectivity index (χ0v) is 19.3. The molecule has 0 unspecified atom stereocenters. The van der Waals surface area contributed by atoms with Crippen LogP contribution in [0.5, 0.6) is 0 Å². The third-order valence-corrected chi connectivity index (χ3v) is 6.47. The predicted molar refractivity (Wildman–Crippen MR) is 129 cm³/mol. The van der Waals surface area contributed by atoms with E-state index in [1.54, 1.807) is 12.1 Å². The molecule has 2 aliphatic rings. The van der Waals surface area contributed by atoms with Gasteiger partial charge in [-0.1, -0.05) is 12.8 Å². The molecule has 1 aliphatic carbocycles. The number of hydrogen-bond acceptors (Lipinski definition) is 8. The molecule has 184 valence electrons. The van der Waals surface area contributed by atoms with Crippen molar-refractivity contribution in [2.75, 3.05) is 42.1 Å². The third kappa shape index (κ3) is 4.96. The van der Waals surface area contributed by atoms with Crippen molar-refractivity contribution in [1.29, 1.82) is 0 Å². The molecule has 1 aliphatic heterocycles. The summed E-state index contributed by atoms with van der Waals surface area (Å²) in [5, 5.41) is 16.5. The van der Waals surface area contributed by atoms with E-state index in [9.17, 15) is 9.18 Å². The van der Waals surface area contributed by atoms with Crippen molar-refractivity contribution in [3.8, 4) is 5.95 Å². The Morgan fingerprint density at radius 2 is 1.83 bits per heavy atom. The zero-order valence-electron chi connectivity index (χ0n) is 19.3. The van der Waals surface area contributed by atoms with E-state index in [0.717, 1.165) is 31.4 Å². The van der Waals surface area contributed by atoms with Crippen LogP contribution in [0.25, 0.3) is 5.95 Å². The Hall–Kier alpha value is -3.96. The van der Waals surface area contributed by atoms with Gasteiger partial charge in [0.1, 0.15) is 5.82 Å². The zero-order chi connectivity index (χ0) is 24.4. The van der Waals surface area contributed by atoms with Gasteiger partial charge in [0.2, 0.25) is 11.9 Å². The average Bonchev–Trinajstić information content (AvgIpc) is 3.19. The van der Waals surface area contributed by atoms with Crippen LogP contribution in [0, 0.1) is 5.82 Å². The van der Waals surface area contributed by atoms with Gasteiger partial charge in [0, 0.05) is 43.8 Å². The summed E-state index contributed by atoms with van der Waals surface area (Å²) < 4.78 is 16.2. The summed E-state index contributed by atoms with van der Waals surface area (Å²) in [7, 11) is 0. The monoisotopic (exact) mass is 481 g/mol. The fourth-order valence-electron chi connectivity index (χ4n) is 4.55. The van der Waals surface area contributed by atoms with Crippen LogP contribution in [-0.2, 0) is 12.8 Å². The molecule has 1 aromatic carbocycles. The summed E-state index contributed by atoms with van der Waals surface area (Å²) in [4.78, 5) is 27.6. The van der Waals surface area contributed by atoms with Gasteiger partial charge in [-0.15, -0.1) is 5.10 Å². The highest BCUT2D eigenvalue weighted by molar-refractivity contribution is 5.66. The first kappa shape index (κ1) is 22.8. The molecule has 11 nitrogen and oxygen atoms in total. The summed E-state index contributed by atoms with van der Waals surface area (Å²) in [6.45, 7) is 1.53. The smallest absolute Gasteiger partial charge is 0.407 e. The number of aromatic nitrogens is 5. The number of piperazine rings is 1. The predicted octanol–water partition coefficient (Wildman–Crippen LogP) is 2.98. The maximum Gasteiger partial charge on any atom is 0.407 e. The van der Waals surface area contributed by atoms with Gasteiger partial charge in [0.05, 0.1) is 5.69 Å². The van der Waals surface area contributed by atoms with Crippen molar-refractivity contribution < 1.29 is 14.3 Å². The van der Waals surface area contributed by atoms with E-state index in [2.05, 4.69) is 20.4 Å². The minimum absolute atomic E-state index is 0.131. The second-order valence-electron chi connectivity index (χ2n) is 8.81. The van der Waals surface area contributed by atoms with Gasteiger partial charge in [-0.2, -0.15) is 9.67 Å². The first-order valence-corrected chi connectivity index (χ1v) is 11.8. The van der Waals surface area contributed by atoms with Crippen LogP contribution in [0.3, 0.4) is 0 Å². The van der Waals surface area contributed by atoms with E-state index in [1.807, 2.05) is 11.1 Å². The molecule has 0 spiro atoms. The summed E-state index contributed by atoms with van der Waals surface area (Å²) in [6.07, 6.45) is 7.45. The first-order valence-electron chi connectivity index (χ1n) is 11.8. The molecule has 3 heterocycles. The number of benzene rings is 1. The third-order valence-electron chi connectivity index (χ3n) is 6.47. The molecule has 4 N–H and O–H groups in total. The van der Waals surface area contributed by atoms with Crippen LogP contribution in [0.2, 0.25) is 0 Å². The van der Waals surface area contributed by atoms with E-state index >= 15 is 0 Å². The largest absolute Gasteiger partial charge is 0.465 e.